The van der Waals surface area contributed by atoms with Gasteiger partial charge in [-0.15, -0.1) is 0 Å². The van der Waals surface area contributed by atoms with Gasteiger partial charge in [0.2, 0.25) is 0 Å². The molecule has 0 aromatic carbocycles. The van der Waals surface area contributed by atoms with Crippen molar-refractivity contribution in [2.75, 3.05) is 27.4 Å². The van der Waals surface area contributed by atoms with E-state index in [1.807, 2.05) is 19.0 Å². The van der Waals surface area contributed by atoms with Gasteiger partial charge in [0.15, 0.2) is 0 Å². The van der Waals surface area contributed by atoms with Crippen molar-refractivity contribution >= 4 is 16.8 Å². The first-order valence-electron chi connectivity index (χ1n) is 2.61. The Hall–Kier alpha value is -0.120. The predicted molar refractivity (Wildman–Crippen MR) is 38.9 cm³/mol. The molecule has 0 aliphatic carbocycles. The number of hydrogen-bond donors (Lipinski definition) is 1. The molecule has 0 unspecified atom stereocenters. The summed E-state index contributed by atoms with van der Waals surface area (Å²) in [6, 6.07) is 0. The van der Waals surface area contributed by atoms with E-state index in [0.29, 0.717) is 11.7 Å². The Bertz CT molecular complexity index is 103. The second-order valence-electron chi connectivity index (χ2n) is 1.91. The molecule has 0 aromatic heterocycles. The van der Waals surface area contributed by atoms with Crippen LogP contribution in [0.2, 0.25) is 0 Å². The van der Waals surface area contributed by atoms with Crippen LogP contribution in [0.4, 0.5) is 0 Å². The fourth-order valence-electron chi connectivity index (χ4n) is 0.388. The molecule has 0 saturated carbocycles. The van der Waals surface area contributed by atoms with Crippen molar-refractivity contribution in [2.24, 2.45) is 4.99 Å². The zero-order valence-electron chi connectivity index (χ0n) is 5.63. The van der Waals surface area contributed by atoms with Crippen molar-refractivity contribution in [2.45, 2.75) is 0 Å². The van der Waals surface area contributed by atoms with Crippen LogP contribution in [-0.2, 0) is 0 Å². The highest BCUT2D eigenvalue weighted by molar-refractivity contribution is 6.65. The van der Waals surface area contributed by atoms with Gasteiger partial charge in [0.05, 0.1) is 6.54 Å². The molecular weight excluding hydrogens is 140 g/mol. The number of aliphatic hydroxyl groups is 1. The van der Waals surface area contributed by atoms with Crippen molar-refractivity contribution in [1.82, 2.24) is 4.90 Å². The Labute approximate surface area is 60.0 Å². The summed E-state index contributed by atoms with van der Waals surface area (Å²) in [5, 5.41) is 8.69. The maximum Gasteiger partial charge on any atom is 0.135 e. The van der Waals surface area contributed by atoms with E-state index in [4.69, 9.17) is 16.7 Å². The summed E-state index contributed by atoms with van der Waals surface area (Å²) < 4.78 is 0. The van der Waals surface area contributed by atoms with E-state index in [0.717, 1.165) is 0 Å². The Kier molecular flexibility index (Phi) is 4.67. The van der Waals surface area contributed by atoms with Gasteiger partial charge in [0, 0.05) is 0 Å². The summed E-state index contributed by atoms with van der Waals surface area (Å²) in [6.07, 6.45) is 0. The predicted octanol–water partition coefficient (Wildman–Crippen LogP) is 0.135. The number of aliphatic imine (C=N–C) groups is 1. The molecule has 9 heavy (non-hydrogen) atoms. The average Bonchev–Trinajstić information content (AvgIpc) is 1.63. The average molecular weight is 151 g/mol. The van der Waals surface area contributed by atoms with Crippen LogP contribution in [0.25, 0.3) is 0 Å². The van der Waals surface area contributed by atoms with Crippen LogP contribution in [0, 0.1) is 0 Å². The molecule has 0 saturated heterocycles. The van der Waals surface area contributed by atoms with Crippen molar-refractivity contribution in [3.8, 4) is 0 Å². The summed E-state index contributed by atoms with van der Waals surface area (Å²) >= 11 is 5.52. The molecule has 0 fully saturated rings. The Morgan fingerprint density at radius 2 is 2.22 bits per heavy atom. The molecule has 0 spiro atoms. The van der Waals surface area contributed by atoms with Gasteiger partial charge in [-0.3, -0.25) is 0 Å². The first-order valence-corrected chi connectivity index (χ1v) is 2.99. The highest BCUT2D eigenvalue weighted by Gasteiger charge is 1.93. The summed E-state index contributed by atoms with van der Waals surface area (Å²) in [5.74, 6) is 0. The molecule has 3 nitrogen and oxygen atoms in total. The second-order valence-corrected chi connectivity index (χ2v) is 2.35. The summed E-state index contributed by atoms with van der Waals surface area (Å²) in [5.41, 5.74) is 0. The highest BCUT2D eigenvalue weighted by atomic mass is 35.5. The van der Waals surface area contributed by atoms with Crippen molar-refractivity contribution in [3.63, 3.8) is 0 Å². The molecular formula is C5H11ClN2O. The van der Waals surface area contributed by atoms with E-state index < -0.39 is 0 Å². The third-order valence-corrected chi connectivity index (χ3v) is 0.928. The zero-order chi connectivity index (χ0) is 7.28. The molecule has 0 amide bonds. The van der Waals surface area contributed by atoms with Gasteiger partial charge in [0.1, 0.15) is 11.9 Å². The standard InChI is InChI=1S/C5H11ClN2O/c1-8(2)3-5(6)7-4-9/h9H,3-4H2,1-2H3. The molecule has 0 aliphatic heterocycles. The fourth-order valence-corrected chi connectivity index (χ4v) is 0.680. The molecule has 0 rings (SSSR count). The second kappa shape index (κ2) is 4.73. The van der Waals surface area contributed by atoms with E-state index in [9.17, 15) is 0 Å². The molecule has 0 radical (unpaired) electrons. The molecule has 1 N–H and O–H groups in total. The summed E-state index contributed by atoms with van der Waals surface area (Å²) in [4.78, 5) is 5.44. The van der Waals surface area contributed by atoms with Crippen LogP contribution in [0.3, 0.4) is 0 Å². The van der Waals surface area contributed by atoms with Gasteiger partial charge < -0.3 is 10.0 Å². The third kappa shape index (κ3) is 5.76. The van der Waals surface area contributed by atoms with Gasteiger partial charge >= 0.3 is 0 Å². The topological polar surface area (TPSA) is 35.8 Å². The fraction of sp³-hybridized carbons (Fsp3) is 0.800. The number of halogens is 1. The lowest BCUT2D eigenvalue weighted by Gasteiger charge is -2.05. The summed E-state index contributed by atoms with van der Waals surface area (Å²) in [6.45, 7) is 0.356. The van der Waals surface area contributed by atoms with Gasteiger partial charge in [-0.25, -0.2) is 4.99 Å². The first kappa shape index (κ1) is 8.88. The minimum absolute atomic E-state index is 0.229. The quantitative estimate of drug-likeness (QED) is 0.581. The van der Waals surface area contributed by atoms with E-state index in [1.54, 1.807) is 0 Å². The largest absolute Gasteiger partial charge is 0.375 e. The Morgan fingerprint density at radius 3 is 2.56 bits per heavy atom. The maximum absolute atomic E-state index is 8.26. The molecule has 0 bridgehead atoms. The Morgan fingerprint density at radius 1 is 1.67 bits per heavy atom. The van der Waals surface area contributed by atoms with E-state index in [2.05, 4.69) is 4.99 Å². The minimum Gasteiger partial charge on any atom is -0.375 e. The Balaban J connectivity index is 3.49. The van der Waals surface area contributed by atoms with Gasteiger partial charge in [0.25, 0.3) is 0 Å². The number of nitrogens with zero attached hydrogens (tertiary/aromatic N) is 2. The van der Waals surface area contributed by atoms with E-state index >= 15 is 0 Å². The van der Waals surface area contributed by atoms with Crippen LogP contribution >= 0.6 is 11.6 Å². The monoisotopic (exact) mass is 150 g/mol. The molecule has 0 aromatic rings. The zero-order valence-corrected chi connectivity index (χ0v) is 6.39. The number of aliphatic hydroxyl groups excluding tert-OH is 1. The van der Waals surface area contributed by atoms with Gasteiger partial charge in [-0.1, -0.05) is 11.6 Å². The lowest BCUT2D eigenvalue weighted by molar-refractivity contribution is 0.309. The number of rotatable bonds is 3. The lowest BCUT2D eigenvalue weighted by Crippen LogP contribution is -2.18. The van der Waals surface area contributed by atoms with E-state index in [-0.39, 0.29) is 6.73 Å². The van der Waals surface area contributed by atoms with Crippen molar-refractivity contribution < 1.29 is 5.11 Å². The van der Waals surface area contributed by atoms with E-state index in [1.165, 1.54) is 0 Å². The first-order chi connectivity index (χ1) is 4.16. The lowest BCUT2D eigenvalue weighted by atomic mass is 10.6. The van der Waals surface area contributed by atoms with Crippen LogP contribution in [0.5, 0.6) is 0 Å². The smallest absolute Gasteiger partial charge is 0.135 e. The summed E-state index contributed by atoms with van der Waals surface area (Å²) in [7, 11) is 3.77. The molecule has 0 atom stereocenters. The highest BCUT2D eigenvalue weighted by Crippen LogP contribution is 1.86. The third-order valence-electron chi connectivity index (χ3n) is 0.689. The van der Waals surface area contributed by atoms with Gasteiger partial charge in [-0.05, 0) is 14.1 Å². The SMILES string of the molecule is CN(C)CC(Cl)=NCO. The normalized spacial score (nSPS) is 12.8. The van der Waals surface area contributed by atoms with Crippen molar-refractivity contribution in [3.05, 3.63) is 0 Å². The van der Waals surface area contributed by atoms with Crippen LogP contribution < -0.4 is 0 Å². The van der Waals surface area contributed by atoms with Crippen LogP contribution in [0.1, 0.15) is 0 Å². The van der Waals surface area contributed by atoms with Crippen LogP contribution in [-0.4, -0.2) is 42.5 Å². The maximum atomic E-state index is 8.26. The minimum atomic E-state index is -0.229. The van der Waals surface area contributed by atoms with Crippen LogP contribution in [0.15, 0.2) is 4.99 Å². The number of hydrogen-bond acceptors (Lipinski definition) is 3. The molecule has 0 aliphatic rings. The molecule has 0 heterocycles. The van der Waals surface area contributed by atoms with Crippen molar-refractivity contribution in [1.29, 1.82) is 0 Å². The molecule has 54 valence electrons. The van der Waals surface area contributed by atoms with Gasteiger partial charge in [-0.2, -0.15) is 0 Å². The molecule has 4 heteroatoms.